The van der Waals surface area contributed by atoms with Crippen molar-refractivity contribution in [2.24, 2.45) is 0 Å². The van der Waals surface area contributed by atoms with Crippen LogP contribution in [0.2, 0.25) is 0 Å². The van der Waals surface area contributed by atoms with Gasteiger partial charge in [0, 0.05) is 45.5 Å². The summed E-state index contributed by atoms with van der Waals surface area (Å²) in [4.78, 5) is 27.6. The highest BCUT2D eigenvalue weighted by Crippen LogP contribution is 2.30. The minimum atomic E-state index is 0.132. The van der Waals surface area contributed by atoms with Gasteiger partial charge in [-0.25, -0.2) is 9.78 Å². The van der Waals surface area contributed by atoms with E-state index in [0.29, 0.717) is 32.3 Å². The van der Waals surface area contributed by atoms with Crippen molar-refractivity contribution >= 4 is 32.7 Å². The standard InChI is InChI=1S/C17H23N5O2S/c1-20(17(23)22-8-10-24-11-9-22)13-3-6-21(7-4-13)16-19-14-12-18-5-2-15(14)25-16/h2,5,12-13H,3-4,6-11H2,1H3. The third-order valence-corrected chi connectivity index (χ3v) is 6.14. The summed E-state index contributed by atoms with van der Waals surface area (Å²) in [6.45, 7) is 4.54. The first-order valence-corrected chi connectivity index (χ1v) is 9.59. The van der Waals surface area contributed by atoms with Gasteiger partial charge in [0.05, 0.1) is 24.1 Å². The molecule has 0 radical (unpaired) electrons. The minimum Gasteiger partial charge on any atom is -0.378 e. The van der Waals surface area contributed by atoms with E-state index in [1.165, 1.54) is 4.70 Å². The molecule has 2 aromatic heterocycles. The number of ether oxygens (including phenoxy) is 1. The zero-order valence-electron chi connectivity index (χ0n) is 14.4. The van der Waals surface area contributed by atoms with Crippen LogP contribution >= 0.6 is 11.3 Å². The van der Waals surface area contributed by atoms with E-state index in [-0.39, 0.29) is 6.03 Å². The molecule has 134 valence electrons. The van der Waals surface area contributed by atoms with Crippen LogP contribution in [0.5, 0.6) is 0 Å². The van der Waals surface area contributed by atoms with E-state index in [1.807, 2.05) is 35.3 Å². The Kier molecular flexibility index (Phi) is 4.72. The number of aromatic nitrogens is 2. The topological polar surface area (TPSA) is 61.8 Å². The van der Waals surface area contributed by atoms with Crippen molar-refractivity contribution < 1.29 is 9.53 Å². The molecular formula is C17H23N5O2S. The maximum Gasteiger partial charge on any atom is 0.320 e. The van der Waals surface area contributed by atoms with Gasteiger partial charge in [-0.05, 0) is 18.9 Å². The van der Waals surface area contributed by atoms with Crippen LogP contribution in [0.1, 0.15) is 12.8 Å². The number of morpholine rings is 1. The van der Waals surface area contributed by atoms with Crippen molar-refractivity contribution in [3.63, 3.8) is 0 Å². The van der Waals surface area contributed by atoms with Gasteiger partial charge in [-0.2, -0.15) is 0 Å². The molecule has 2 aliphatic rings. The van der Waals surface area contributed by atoms with Gasteiger partial charge in [0.15, 0.2) is 5.13 Å². The molecule has 7 nitrogen and oxygen atoms in total. The van der Waals surface area contributed by atoms with Crippen molar-refractivity contribution in [3.05, 3.63) is 18.5 Å². The molecule has 4 heterocycles. The summed E-state index contributed by atoms with van der Waals surface area (Å²) in [5.41, 5.74) is 0.962. The summed E-state index contributed by atoms with van der Waals surface area (Å²) >= 11 is 1.71. The summed E-state index contributed by atoms with van der Waals surface area (Å²) in [6, 6.07) is 2.44. The van der Waals surface area contributed by atoms with Crippen molar-refractivity contribution in [3.8, 4) is 0 Å². The number of carbonyl (C=O) groups excluding carboxylic acids is 1. The van der Waals surface area contributed by atoms with E-state index in [1.54, 1.807) is 11.3 Å². The number of amides is 2. The number of hydrogen-bond acceptors (Lipinski definition) is 6. The van der Waals surface area contributed by atoms with Crippen molar-refractivity contribution in [2.75, 3.05) is 51.3 Å². The van der Waals surface area contributed by atoms with Gasteiger partial charge in [-0.15, -0.1) is 0 Å². The van der Waals surface area contributed by atoms with Gasteiger partial charge in [-0.1, -0.05) is 11.3 Å². The number of rotatable bonds is 2. The lowest BCUT2D eigenvalue weighted by Gasteiger charge is -2.39. The minimum absolute atomic E-state index is 0.132. The average molecular weight is 361 g/mol. The molecule has 2 saturated heterocycles. The van der Waals surface area contributed by atoms with E-state index < -0.39 is 0 Å². The van der Waals surface area contributed by atoms with Crippen LogP contribution in [0.25, 0.3) is 10.2 Å². The van der Waals surface area contributed by atoms with Gasteiger partial charge in [-0.3, -0.25) is 4.98 Å². The fourth-order valence-electron chi connectivity index (χ4n) is 3.48. The largest absolute Gasteiger partial charge is 0.378 e. The molecule has 4 rings (SSSR count). The molecule has 8 heteroatoms. The van der Waals surface area contributed by atoms with Crippen LogP contribution < -0.4 is 4.90 Å². The SMILES string of the molecule is CN(C(=O)N1CCOCC1)C1CCN(c2nc3cnccc3s2)CC1. The van der Waals surface area contributed by atoms with E-state index in [2.05, 4.69) is 9.88 Å². The third kappa shape index (κ3) is 3.41. The molecular weight excluding hydrogens is 338 g/mol. The van der Waals surface area contributed by atoms with Crippen molar-refractivity contribution in [1.82, 2.24) is 19.8 Å². The van der Waals surface area contributed by atoms with Crippen molar-refractivity contribution in [2.45, 2.75) is 18.9 Å². The zero-order valence-corrected chi connectivity index (χ0v) is 15.2. The molecule has 0 N–H and O–H groups in total. The van der Waals surface area contributed by atoms with Gasteiger partial charge >= 0.3 is 6.03 Å². The monoisotopic (exact) mass is 361 g/mol. The lowest BCUT2D eigenvalue weighted by molar-refractivity contribution is 0.0409. The summed E-state index contributed by atoms with van der Waals surface area (Å²) in [6.07, 6.45) is 5.57. The Morgan fingerprint density at radius 3 is 2.76 bits per heavy atom. The van der Waals surface area contributed by atoms with E-state index >= 15 is 0 Å². The normalized spacial score (nSPS) is 19.4. The highest BCUT2D eigenvalue weighted by Gasteiger charge is 2.29. The molecule has 0 unspecified atom stereocenters. The fraction of sp³-hybridized carbons (Fsp3) is 0.588. The number of thiazole rings is 1. The molecule has 2 aromatic rings. The summed E-state index contributed by atoms with van der Waals surface area (Å²) in [5.74, 6) is 0. The number of pyridine rings is 1. The number of piperidine rings is 1. The molecule has 0 atom stereocenters. The molecule has 0 bridgehead atoms. The van der Waals surface area contributed by atoms with E-state index in [4.69, 9.17) is 9.72 Å². The van der Waals surface area contributed by atoms with Crippen LogP contribution in [0.4, 0.5) is 9.93 Å². The number of anilines is 1. The average Bonchev–Trinajstić information content (AvgIpc) is 3.12. The highest BCUT2D eigenvalue weighted by atomic mass is 32.1. The second kappa shape index (κ2) is 7.13. The maximum atomic E-state index is 12.6. The first-order chi connectivity index (χ1) is 12.2. The lowest BCUT2D eigenvalue weighted by Crippen LogP contribution is -2.52. The molecule has 0 aromatic carbocycles. The molecule has 25 heavy (non-hydrogen) atoms. The summed E-state index contributed by atoms with van der Waals surface area (Å²) < 4.78 is 6.51. The summed E-state index contributed by atoms with van der Waals surface area (Å²) in [7, 11) is 1.93. The van der Waals surface area contributed by atoms with Crippen LogP contribution in [0.3, 0.4) is 0 Å². The Hall–Kier alpha value is -1.93. The Morgan fingerprint density at radius 2 is 2.04 bits per heavy atom. The van der Waals surface area contributed by atoms with E-state index in [9.17, 15) is 4.79 Å². The van der Waals surface area contributed by atoms with E-state index in [0.717, 1.165) is 36.6 Å². The summed E-state index contributed by atoms with van der Waals surface area (Å²) in [5, 5.41) is 1.06. The lowest BCUT2D eigenvalue weighted by atomic mass is 10.0. The number of hydrogen-bond donors (Lipinski definition) is 0. The highest BCUT2D eigenvalue weighted by molar-refractivity contribution is 7.22. The second-order valence-corrected chi connectivity index (χ2v) is 7.56. The van der Waals surface area contributed by atoms with Gasteiger partial charge in [0.2, 0.25) is 0 Å². The smallest absolute Gasteiger partial charge is 0.320 e. The Labute approximate surface area is 151 Å². The molecule has 2 amide bonds. The molecule has 0 aliphatic carbocycles. The second-order valence-electron chi connectivity index (χ2n) is 6.55. The first-order valence-electron chi connectivity index (χ1n) is 8.77. The Balaban J connectivity index is 1.36. The number of fused-ring (bicyclic) bond motifs is 1. The number of urea groups is 1. The van der Waals surface area contributed by atoms with Crippen LogP contribution in [-0.2, 0) is 4.74 Å². The first kappa shape index (κ1) is 16.5. The quantitative estimate of drug-likeness (QED) is 0.819. The van der Waals surface area contributed by atoms with Crippen LogP contribution in [0.15, 0.2) is 18.5 Å². The Morgan fingerprint density at radius 1 is 1.28 bits per heavy atom. The molecule has 2 fully saturated rings. The predicted molar refractivity (Wildman–Crippen MR) is 98.2 cm³/mol. The van der Waals surface area contributed by atoms with Crippen molar-refractivity contribution in [1.29, 1.82) is 0 Å². The van der Waals surface area contributed by atoms with Gasteiger partial charge in [0.1, 0.15) is 5.52 Å². The van der Waals surface area contributed by atoms with Crippen LogP contribution in [-0.4, -0.2) is 78.3 Å². The Bertz CT molecular complexity index is 704. The van der Waals surface area contributed by atoms with Gasteiger partial charge < -0.3 is 19.4 Å². The molecule has 2 aliphatic heterocycles. The maximum absolute atomic E-state index is 12.6. The fourth-order valence-corrected chi connectivity index (χ4v) is 4.47. The molecule has 0 saturated carbocycles. The molecule has 0 spiro atoms. The zero-order chi connectivity index (χ0) is 17.2. The number of carbonyl (C=O) groups is 1. The number of nitrogens with zero attached hydrogens (tertiary/aromatic N) is 5. The van der Waals surface area contributed by atoms with Crippen LogP contribution in [0, 0.1) is 0 Å². The predicted octanol–water partition coefficient (Wildman–Crippen LogP) is 2.04. The third-order valence-electron chi connectivity index (χ3n) is 5.04. The van der Waals surface area contributed by atoms with Gasteiger partial charge in [0.25, 0.3) is 0 Å².